The summed E-state index contributed by atoms with van der Waals surface area (Å²) >= 11 is 0. The van der Waals surface area contributed by atoms with Crippen LogP contribution in [-0.2, 0) is 10.0 Å². The Kier molecular flexibility index (Phi) is 6.21. The number of nitrogens with one attached hydrogen (secondary N) is 1. The number of nitrogens with two attached hydrogens (primary N) is 1. The molecular weight excluding hydrogens is 336 g/mol. The van der Waals surface area contributed by atoms with E-state index in [1.165, 1.54) is 12.7 Å². The van der Waals surface area contributed by atoms with E-state index in [4.69, 9.17) is 10.5 Å². The minimum atomic E-state index is -3.71. The van der Waals surface area contributed by atoms with Gasteiger partial charge in [-0.2, -0.15) is 0 Å². The van der Waals surface area contributed by atoms with Crippen molar-refractivity contribution in [2.24, 2.45) is 5.73 Å². The van der Waals surface area contributed by atoms with Crippen molar-refractivity contribution in [2.75, 3.05) is 13.7 Å². The van der Waals surface area contributed by atoms with Gasteiger partial charge in [-0.05, 0) is 41.7 Å². The highest BCUT2D eigenvalue weighted by atomic mass is 32.2. The highest BCUT2D eigenvalue weighted by Gasteiger charge is 2.20. The van der Waals surface area contributed by atoms with E-state index in [9.17, 15) is 8.42 Å². The van der Waals surface area contributed by atoms with Crippen molar-refractivity contribution in [1.29, 1.82) is 0 Å². The molecule has 0 saturated heterocycles. The van der Waals surface area contributed by atoms with Gasteiger partial charge in [0.2, 0.25) is 10.0 Å². The molecule has 2 aromatic carbocycles. The van der Waals surface area contributed by atoms with Gasteiger partial charge in [0.05, 0.1) is 7.11 Å². The van der Waals surface area contributed by atoms with E-state index in [1.54, 1.807) is 18.2 Å². The lowest BCUT2D eigenvalue weighted by Crippen LogP contribution is -2.32. The third-order valence-corrected chi connectivity index (χ3v) is 5.58. The summed E-state index contributed by atoms with van der Waals surface area (Å²) in [5.41, 5.74) is 9.11. The van der Waals surface area contributed by atoms with E-state index in [2.05, 4.69) is 18.6 Å². The molecule has 2 rings (SSSR count). The molecule has 6 heteroatoms. The van der Waals surface area contributed by atoms with Gasteiger partial charge in [0, 0.05) is 12.6 Å². The van der Waals surface area contributed by atoms with Crippen molar-refractivity contribution in [3.05, 3.63) is 59.2 Å². The van der Waals surface area contributed by atoms with E-state index in [0.717, 1.165) is 11.1 Å². The summed E-state index contributed by atoms with van der Waals surface area (Å²) in [6.07, 6.45) is 0. The fourth-order valence-electron chi connectivity index (χ4n) is 2.52. The Labute approximate surface area is 150 Å². The molecule has 1 unspecified atom stereocenters. The fraction of sp³-hybridized carbons (Fsp3) is 0.368. The van der Waals surface area contributed by atoms with Gasteiger partial charge >= 0.3 is 0 Å². The van der Waals surface area contributed by atoms with E-state index in [-0.39, 0.29) is 11.4 Å². The molecule has 0 aliphatic rings. The van der Waals surface area contributed by atoms with E-state index >= 15 is 0 Å². The lowest BCUT2D eigenvalue weighted by molar-refractivity contribution is 0.402. The Balaban J connectivity index is 2.12. The van der Waals surface area contributed by atoms with Gasteiger partial charge in [-0.25, -0.2) is 13.1 Å². The van der Waals surface area contributed by atoms with E-state index in [1.807, 2.05) is 31.2 Å². The third kappa shape index (κ3) is 4.81. The second-order valence-corrected chi connectivity index (χ2v) is 8.17. The number of sulfonamides is 1. The average molecular weight is 362 g/mol. The van der Waals surface area contributed by atoms with Crippen molar-refractivity contribution in [2.45, 2.75) is 37.6 Å². The number of hydrogen-bond acceptors (Lipinski definition) is 4. The molecule has 3 N–H and O–H groups in total. The van der Waals surface area contributed by atoms with Gasteiger partial charge in [0.15, 0.2) is 0 Å². The molecule has 0 aliphatic heterocycles. The molecule has 0 amide bonds. The quantitative estimate of drug-likeness (QED) is 0.793. The van der Waals surface area contributed by atoms with Crippen LogP contribution in [0.5, 0.6) is 5.75 Å². The van der Waals surface area contributed by atoms with Crippen molar-refractivity contribution < 1.29 is 13.2 Å². The second-order valence-electron chi connectivity index (χ2n) is 6.43. The molecule has 0 saturated carbocycles. The van der Waals surface area contributed by atoms with Crippen molar-refractivity contribution in [3.63, 3.8) is 0 Å². The Morgan fingerprint density at radius 2 is 1.68 bits per heavy atom. The molecule has 0 aromatic heterocycles. The van der Waals surface area contributed by atoms with Crippen LogP contribution in [-0.4, -0.2) is 22.1 Å². The van der Waals surface area contributed by atoms with Crippen molar-refractivity contribution in [3.8, 4) is 5.75 Å². The fourth-order valence-corrected chi connectivity index (χ4v) is 3.83. The molecule has 2 aromatic rings. The zero-order valence-corrected chi connectivity index (χ0v) is 15.9. The summed E-state index contributed by atoms with van der Waals surface area (Å²) in [7, 11) is -2.26. The molecule has 1 atom stereocenters. The number of ether oxygens (including phenoxy) is 1. The predicted octanol–water partition coefficient (Wildman–Crippen LogP) is 3.11. The SMILES string of the molecule is COc1ccc(C)cc1S(=O)(=O)NCC(N)c1ccc(C(C)C)cc1. The highest BCUT2D eigenvalue weighted by molar-refractivity contribution is 7.89. The number of methoxy groups -OCH3 is 1. The maximum absolute atomic E-state index is 12.6. The van der Waals surface area contributed by atoms with Gasteiger partial charge in [-0.1, -0.05) is 44.2 Å². The zero-order valence-electron chi connectivity index (χ0n) is 15.1. The van der Waals surface area contributed by atoms with Crippen LogP contribution < -0.4 is 15.2 Å². The molecule has 136 valence electrons. The Morgan fingerprint density at radius 3 is 2.24 bits per heavy atom. The molecule has 0 radical (unpaired) electrons. The molecule has 0 heterocycles. The molecule has 0 fully saturated rings. The predicted molar refractivity (Wildman–Crippen MR) is 100 cm³/mol. The summed E-state index contributed by atoms with van der Waals surface area (Å²) < 4.78 is 32.9. The van der Waals surface area contributed by atoms with Crippen molar-refractivity contribution in [1.82, 2.24) is 4.72 Å². The number of benzene rings is 2. The van der Waals surface area contributed by atoms with Crippen LogP contribution in [0.2, 0.25) is 0 Å². The molecular formula is C19H26N2O3S. The van der Waals surface area contributed by atoms with Gasteiger partial charge in [-0.3, -0.25) is 0 Å². The lowest BCUT2D eigenvalue weighted by atomic mass is 9.99. The number of hydrogen-bond donors (Lipinski definition) is 2. The molecule has 0 aliphatic carbocycles. The smallest absolute Gasteiger partial charge is 0.244 e. The molecule has 25 heavy (non-hydrogen) atoms. The Bertz CT molecular complexity index is 815. The average Bonchev–Trinajstić information content (AvgIpc) is 2.59. The Morgan fingerprint density at radius 1 is 1.08 bits per heavy atom. The summed E-state index contributed by atoms with van der Waals surface area (Å²) in [5, 5.41) is 0. The topological polar surface area (TPSA) is 81.4 Å². The number of aryl methyl sites for hydroxylation is 1. The van der Waals surface area contributed by atoms with Crippen LogP contribution in [0, 0.1) is 6.92 Å². The first-order valence-corrected chi connectivity index (χ1v) is 9.72. The third-order valence-electron chi connectivity index (χ3n) is 4.13. The van der Waals surface area contributed by atoms with E-state index in [0.29, 0.717) is 11.7 Å². The molecule has 0 bridgehead atoms. The number of rotatable bonds is 7. The van der Waals surface area contributed by atoms with Gasteiger partial charge in [0.25, 0.3) is 0 Å². The summed E-state index contributed by atoms with van der Waals surface area (Å²) in [5.74, 6) is 0.755. The summed E-state index contributed by atoms with van der Waals surface area (Å²) in [6.45, 7) is 6.19. The normalized spacial score (nSPS) is 13.0. The molecule has 0 spiro atoms. The second kappa shape index (κ2) is 7.99. The first-order valence-electron chi connectivity index (χ1n) is 8.24. The van der Waals surface area contributed by atoms with Gasteiger partial charge in [-0.15, -0.1) is 0 Å². The van der Waals surface area contributed by atoms with Crippen LogP contribution in [0.4, 0.5) is 0 Å². The van der Waals surface area contributed by atoms with Crippen LogP contribution in [0.25, 0.3) is 0 Å². The summed E-state index contributed by atoms with van der Waals surface area (Å²) in [4.78, 5) is 0.123. The van der Waals surface area contributed by atoms with Crippen LogP contribution in [0.3, 0.4) is 0 Å². The lowest BCUT2D eigenvalue weighted by Gasteiger charge is -2.16. The first kappa shape index (κ1) is 19.4. The highest BCUT2D eigenvalue weighted by Crippen LogP contribution is 2.25. The van der Waals surface area contributed by atoms with Crippen LogP contribution in [0.15, 0.2) is 47.4 Å². The van der Waals surface area contributed by atoms with Crippen molar-refractivity contribution >= 4 is 10.0 Å². The van der Waals surface area contributed by atoms with Gasteiger partial charge < -0.3 is 10.5 Å². The van der Waals surface area contributed by atoms with Crippen LogP contribution >= 0.6 is 0 Å². The largest absolute Gasteiger partial charge is 0.495 e. The monoisotopic (exact) mass is 362 g/mol. The first-order chi connectivity index (χ1) is 11.7. The standard InChI is InChI=1S/C19H26N2O3S/c1-13(2)15-6-8-16(9-7-15)17(20)12-21-25(22,23)19-11-14(3)5-10-18(19)24-4/h5-11,13,17,21H,12,20H2,1-4H3. The minimum Gasteiger partial charge on any atom is -0.495 e. The zero-order chi connectivity index (χ0) is 18.6. The van der Waals surface area contributed by atoms with Gasteiger partial charge in [0.1, 0.15) is 10.6 Å². The molecule has 5 nitrogen and oxygen atoms in total. The summed E-state index contributed by atoms with van der Waals surface area (Å²) in [6, 6.07) is 12.6. The van der Waals surface area contributed by atoms with E-state index < -0.39 is 16.1 Å². The maximum atomic E-state index is 12.6. The minimum absolute atomic E-state index is 0.112. The Hall–Kier alpha value is -1.89. The van der Waals surface area contributed by atoms with Crippen LogP contribution in [0.1, 0.15) is 42.5 Å². The maximum Gasteiger partial charge on any atom is 0.244 e.